The fourth-order valence-corrected chi connectivity index (χ4v) is 3.18. The number of aromatic amines is 1. The number of nitrogens with zero attached hydrogens (tertiary/aromatic N) is 3. The summed E-state index contributed by atoms with van der Waals surface area (Å²) in [4.78, 5) is 30.6. The van der Waals surface area contributed by atoms with E-state index in [2.05, 4.69) is 20.5 Å². The molecular formula is C15H23N5O3. The van der Waals surface area contributed by atoms with E-state index >= 15 is 0 Å². The number of carbonyl (C=O) groups excluding carboxylic acids is 2. The third-order valence-electron chi connectivity index (χ3n) is 4.53. The maximum absolute atomic E-state index is 13.0. The Morgan fingerprint density at radius 1 is 1.43 bits per heavy atom. The van der Waals surface area contributed by atoms with Gasteiger partial charge >= 0.3 is 0 Å². The number of hydrogen-bond donors (Lipinski definition) is 2. The summed E-state index contributed by atoms with van der Waals surface area (Å²) in [5, 5.41) is 9.78. The van der Waals surface area contributed by atoms with Crippen LogP contribution in [0.4, 0.5) is 0 Å². The second-order valence-corrected chi connectivity index (χ2v) is 6.55. The molecule has 2 aliphatic rings. The first kappa shape index (κ1) is 15.9. The number of aromatic nitrogens is 3. The van der Waals surface area contributed by atoms with Crippen molar-refractivity contribution in [2.45, 2.75) is 45.3 Å². The van der Waals surface area contributed by atoms with Crippen LogP contribution in [0.5, 0.6) is 0 Å². The molecule has 3 rings (SSSR count). The fourth-order valence-electron chi connectivity index (χ4n) is 3.18. The summed E-state index contributed by atoms with van der Waals surface area (Å²) in [6, 6.07) is 0. The van der Waals surface area contributed by atoms with E-state index in [-0.39, 0.29) is 23.8 Å². The van der Waals surface area contributed by atoms with Gasteiger partial charge in [0, 0.05) is 13.5 Å². The highest BCUT2D eigenvalue weighted by molar-refractivity contribution is 5.91. The normalized spacial score (nSPS) is 24.1. The van der Waals surface area contributed by atoms with Gasteiger partial charge in [-0.15, -0.1) is 0 Å². The van der Waals surface area contributed by atoms with Crippen molar-refractivity contribution in [1.29, 1.82) is 0 Å². The number of ether oxygens (including phenoxy) is 1. The minimum absolute atomic E-state index is 0.0456. The maximum Gasteiger partial charge on any atom is 0.248 e. The minimum Gasteiger partial charge on any atom is -0.366 e. The van der Waals surface area contributed by atoms with Gasteiger partial charge in [0.15, 0.2) is 5.82 Å². The average molecular weight is 321 g/mol. The molecule has 1 aromatic rings. The Balaban J connectivity index is 1.74. The lowest BCUT2D eigenvalue weighted by atomic mass is 9.93. The van der Waals surface area contributed by atoms with Crippen LogP contribution in [0.25, 0.3) is 0 Å². The molecular weight excluding hydrogens is 298 g/mol. The first-order valence-corrected chi connectivity index (χ1v) is 7.99. The molecule has 8 heteroatoms. The summed E-state index contributed by atoms with van der Waals surface area (Å²) in [6.07, 6.45) is 1.60. The molecule has 2 fully saturated rings. The molecule has 1 aromatic heterocycles. The van der Waals surface area contributed by atoms with Crippen molar-refractivity contribution >= 4 is 11.8 Å². The van der Waals surface area contributed by atoms with Crippen molar-refractivity contribution in [2.24, 2.45) is 5.92 Å². The fraction of sp³-hybridized carbons (Fsp3) is 0.733. The zero-order valence-corrected chi connectivity index (χ0v) is 13.8. The summed E-state index contributed by atoms with van der Waals surface area (Å²) < 4.78 is 5.70. The summed E-state index contributed by atoms with van der Waals surface area (Å²) in [5.41, 5.74) is -0.831. The molecule has 1 aliphatic heterocycles. The second kappa shape index (κ2) is 5.92. The molecule has 1 saturated carbocycles. The lowest BCUT2D eigenvalue weighted by molar-refractivity contribution is -0.149. The Morgan fingerprint density at radius 2 is 2.17 bits per heavy atom. The van der Waals surface area contributed by atoms with E-state index in [4.69, 9.17) is 4.74 Å². The van der Waals surface area contributed by atoms with E-state index < -0.39 is 5.54 Å². The Kier molecular flexibility index (Phi) is 4.09. The standard InChI is InChI=1S/C15H23N5O3/c1-9-16-13(19-18-9)12-8-20(6-7-23-12)14(22)15(3,11-4-5-11)17-10(2)21/h11-12H,4-8H2,1-3H3,(H,17,21)(H,16,18,19)/t12-,15+/m1/s1. The van der Waals surface area contributed by atoms with Crippen molar-refractivity contribution in [2.75, 3.05) is 19.7 Å². The Labute approximate surface area is 135 Å². The van der Waals surface area contributed by atoms with Crippen LogP contribution in [-0.4, -0.2) is 57.1 Å². The van der Waals surface area contributed by atoms with Gasteiger partial charge in [0.05, 0.1) is 13.2 Å². The van der Waals surface area contributed by atoms with Gasteiger partial charge in [0.1, 0.15) is 17.5 Å². The van der Waals surface area contributed by atoms with Gasteiger partial charge in [-0.1, -0.05) is 0 Å². The van der Waals surface area contributed by atoms with Crippen LogP contribution in [0.1, 0.15) is 44.4 Å². The molecule has 2 atom stereocenters. The molecule has 2 amide bonds. The van der Waals surface area contributed by atoms with Crippen LogP contribution in [0.3, 0.4) is 0 Å². The van der Waals surface area contributed by atoms with Gasteiger partial charge in [-0.2, -0.15) is 5.10 Å². The third kappa shape index (κ3) is 3.21. The van der Waals surface area contributed by atoms with E-state index in [9.17, 15) is 9.59 Å². The SMILES string of the molecule is CC(=O)N[C@](C)(C(=O)N1CCO[C@@H](c2n[nH]c(C)n2)C1)C1CC1. The number of H-pyrrole nitrogens is 1. The monoisotopic (exact) mass is 321 g/mol. The second-order valence-electron chi connectivity index (χ2n) is 6.55. The number of hydrogen-bond acceptors (Lipinski definition) is 5. The van der Waals surface area contributed by atoms with Crippen LogP contribution in [0.15, 0.2) is 0 Å². The number of morpholine rings is 1. The Hall–Kier alpha value is -1.96. The molecule has 0 unspecified atom stereocenters. The maximum atomic E-state index is 13.0. The van der Waals surface area contributed by atoms with Crippen molar-refractivity contribution in [3.8, 4) is 0 Å². The zero-order chi connectivity index (χ0) is 16.6. The minimum atomic E-state index is -0.831. The topological polar surface area (TPSA) is 100 Å². The molecule has 0 spiro atoms. The predicted octanol–water partition coefficient (Wildman–Crippen LogP) is 0.318. The number of amides is 2. The van der Waals surface area contributed by atoms with Crippen LogP contribution in [-0.2, 0) is 14.3 Å². The molecule has 0 bridgehead atoms. The first-order valence-electron chi connectivity index (χ1n) is 7.99. The van der Waals surface area contributed by atoms with Crippen molar-refractivity contribution in [3.05, 3.63) is 11.6 Å². The highest BCUT2D eigenvalue weighted by atomic mass is 16.5. The van der Waals surface area contributed by atoms with E-state index in [1.165, 1.54) is 6.92 Å². The Bertz CT molecular complexity index is 612. The number of nitrogens with one attached hydrogen (secondary N) is 2. The summed E-state index contributed by atoms with van der Waals surface area (Å²) >= 11 is 0. The molecule has 126 valence electrons. The summed E-state index contributed by atoms with van der Waals surface area (Å²) in [6.45, 7) is 6.45. The van der Waals surface area contributed by atoms with Crippen LogP contribution < -0.4 is 5.32 Å². The number of aryl methyl sites for hydroxylation is 1. The summed E-state index contributed by atoms with van der Waals surface area (Å²) in [7, 11) is 0. The van der Waals surface area contributed by atoms with E-state index in [0.29, 0.717) is 31.3 Å². The smallest absolute Gasteiger partial charge is 0.248 e. The van der Waals surface area contributed by atoms with Gasteiger partial charge in [-0.05, 0) is 32.6 Å². The molecule has 0 radical (unpaired) electrons. The van der Waals surface area contributed by atoms with Gasteiger partial charge < -0.3 is 15.0 Å². The molecule has 0 aromatic carbocycles. The highest BCUT2D eigenvalue weighted by Gasteiger charge is 2.50. The van der Waals surface area contributed by atoms with Gasteiger partial charge in [0.25, 0.3) is 0 Å². The van der Waals surface area contributed by atoms with Crippen molar-refractivity contribution < 1.29 is 14.3 Å². The number of rotatable bonds is 4. The van der Waals surface area contributed by atoms with Crippen LogP contribution >= 0.6 is 0 Å². The largest absolute Gasteiger partial charge is 0.366 e. The Morgan fingerprint density at radius 3 is 2.74 bits per heavy atom. The van der Waals surface area contributed by atoms with E-state index in [1.54, 1.807) is 4.90 Å². The molecule has 1 aliphatic carbocycles. The predicted molar refractivity (Wildman–Crippen MR) is 81.3 cm³/mol. The lowest BCUT2D eigenvalue weighted by Gasteiger charge is -2.38. The first-order chi connectivity index (χ1) is 10.9. The highest BCUT2D eigenvalue weighted by Crippen LogP contribution is 2.41. The zero-order valence-electron chi connectivity index (χ0n) is 13.8. The van der Waals surface area contributed by atoms with Gasteiger partial charge in [0.2, 0.25) is 11.8 Å². The molecule has 2 heterocycles. The van der Waals surface area contributed by atoms with Crippen molar-refractivity contribution in [3.63, 3.8) is 0 Å². The van der Waals surface area contributed by atoms with Crippen molar-refractivity contribution in [1.82, 2.24) is 25.4 Å². The van der Waals surface area contributed by atoms with E-state index in [1.807, 2.05) is 13.8 Å². The van der Waals surface area contributed by atoms with E-state index in [0.717, 1.165) is 12.8 Å². The average Bonchev–Trinajstić information content (AvgIpc) is 3.28. The van der Waals surface area contributed by atoms with Gasteiger partial charge in [-0.3, -0.25) is 14.7 Å². The molecule has 23 heavy (non-hydrogen) atoms. The molecule has 1 saturated heterocycles. The molecule has 2 N–H and O–H groups in total. The molecule has 8 nitrogen and oxygen atoms in total. The quantitative estimate of drug-likeness (QED) is 0.832. The summed E-state index contributed by atoms with van der Waals surface area (Å²) in [5.74, 6) is 1.27. The van der Waals surface area contributed by atoms with Crippen LogP contribution in [0.2, 0.25) is 0 Å². The van der Waals surface area contributed by atoms with Gasteiger partial charge in [-0.25, -0.2) is 4.98 Å². The lowest BCUT2D eigenvalue weighted by Crippen LogP contribution is -2.60. The third-order valence-corrected chi connectivity index (χ3v) is 4.53. The van der Waals surface area contributed by atoms with Crippen LogP contribution in [0, 0.1) is 12.8 Å². The number of carbonyl (C=O) groups is 2.